The highest BCUT2D eigenvalue weighted by atomic mass is 16.5. The standard InChI is InChI=1S/C23H23NO4/c1-3-27-22(25)15-20-17(2)14-21(19-12-8-5-9-13-19)24(20)23(26)28-16-18-10-6-4-7-11-18/h4-14H,3,15-16H2,1-2H3. The van der Waals surface area contributed by atoms with Gasteiger partial charge in [-0.1, -0.05) is 60.7 Å². The van der Waals surface area contributed by atoms with Gasteiger partial charge in [0, 0.05) is 5.69 Å². The first-order valence-electron chi connectivity index (χ1n) is 9.23. The van der Waals surface area contributed by atoms with Gasteiger partial charge in [0.1, 0.15) is 6.61 Å². The molecule has 3 aromatic rings. The van der Waals surface area contributed by atoms with E-state index in [1.165, 1.54) is 4.57 Å². The van der Waals surface area contributed by atoms with E-state index < -0.39 is 6.09 Å². The van der Waals surface area contributed by atoms with Crippen LogP contribution < -0.4 is 0 Å². The van der Waals surface area contributed by atoms with Gasteiger partial charge < -0.3 is 9.47 Å². The van der Waals surface area contributed by atoms with Crippen molar-refractivity contribution in [1.29, 1.82) is 0 Å². The molecule has 0 N–H and O–H groups in total. The Labute approximate surface area is 164 Å². The topological polar surface area (TPSA) is 57.5 Å². The summed E-state index contributed by atoms with van der Waals surface area (Å²) in [5, 5.41) is 0. The molecule has 0 amide bonds. The number of benzene rings is 2. The van der Waals surface area contributed by atoms with E-state index in [1.807, 2.05) is 73.7 Å². The molecular formula is C23H23NO4. The third-order valence-corrected chi connectivity index (χ3v) is 4.39. The van der Waals surface area contributed by atoms with Gasteiger partial charge in [-0.25, -0.2) is 9.36 Å². The number of carbonyl (C=O) groups is 2. The second kappa shape index (κ2) is 9.04. The molecule has 0 aliphatic heterocycles. The zero-order valence-electron chi connectivity index (χ0n) is 16.1. The predicted molar refractivity (Wildman–Crippen MR) is 107 cm³/mol. The lowest BCUT2D eigenvalue weighted by Gasteiger charge is -2.13. The van der Waals surface area contributed by atoms with Crippen LogP contribution in [0.15, 0.2) is 66.7 Å². The number of hydrogen-bond acceptors (Lipinski definition) is 4. The minimum atomic E-state index is -0.518. The smallest absolute Gasteiger partial charge is 0.419 e. The number of aryl methyl sites for hydroxylation is 1. The first-order valence-corrected chi connectivity index (χ1v) is 9.23. The van der Waals surface area contributed by atoms with E-state index in [2.05, 4.69) is 0 Å². The van der Waals surface area contributed by atoms with Crippen molar-refractivity contribution in [1.82, 2.24) is 4.57 Å². The Bertz CT molecular complexity index is 945. The second-order valence-electron chi connectivity index (χ2n) is 6.38. The summed E-state index contributed by atoms with van der Waals surface area (Å²) in [4.78, 5) is 25.1. The van der Waals surface area contributed by atoms with Crippen LogP contribution in [0.3, 0.4) is 0 Å². The van der Waals surface area contributed by atoms with Crippen molar-refractivity contribution in [3.8, 4) is 11.3 Å². The van der Waals surface area contributed by atoms with Crippen LogP contribution >= 0.6 is 0 Å². The number of ether oxygens (including phenoxy) is 2. The van der Waals surface area contributed by atoms with E-state index in [0.29, 0.717) is 18.0 Å². The van der Waals surface area contributed by atoms with Crippen LogP contribution in [0, 0.1) is 6.92 Å². The maximum atomic E-state index is 13.0. The van der Waals surface area contributed by atoms with E-state index in [9.17, 15) is 9.59 Å². The van der Waals surface area contributed by atoms with Crippen LogP contribution in [-0.2, 0) is 27.3 Å². The SMILES string of the molecule is CCOC(=O)Cc1c(C)cc(-c2ccccc2)n1C(=O)OCc1ccccc1. The molecule has 144 valence electrons. The molecule has 1 heterocycles. The van der Waals surface area contributed by atoms with Gasteiger partial charge in [-0.05, 0) is 36.6 Å². The van der Waals surface area contributed by atoms with Gasteiger partial charge in [-0.15, -0.1) is 0 Å². The summed E-state index contributed by atoms with van der Waals surface area (Å²) in [5.41, 5.74) is 3.87. The lowest BCUT2D eigenvalue weighted by atomic mass is 10.1. The van der Waals surface area contributed by atoms with E-state index >= 15 is 0 Å². The Kier molecular flexibility index (Phi) is 6.27. The normalized spacial score (nSPS) is 10.5. The third-order valence-electron chi connectivity index (χ3n) is 4.39. The zero-order chi connectivity index (χ0) is 19.9. The van der Waals surface area contributed by atoms with Crippen LogP contribution in [0.5, 0.6) is 0 Å². The summed E-state index contributed by atoms with van der Waals surface area (Å²) in [6.07, 6.45) is -0.512. The second-order valence-corrected chi connectivity index (χ2v) is 6.38. The van der Waals surface area contributed by atoms with E-state index in [1.54, 1.807) is 6.92 Å². The Hall–Kier alpha value is -3.34. The Morgan fingerprint density at radius 1 is 0.929 bits per heavy atom. The lowest BCUT2D eigenvalue weighted by Crippen LogP contribution is -2.20. The number of esters is 1. The summed E-state index contributed by atoms with van der Waals surface area (Å²) >= 11 is 0. The van der Waals surface area contributed by atoms with Gasteiger partial charge in [0.05, 0.1) is 18.7 Å². The zero-order valence-corrected chi connectivity index (χ0v) is 16.1. The molecule has 0 spiro atoms. The Morgan fingerprint density at radius 3 is 2.21 bits per heavy atom. The summed E-state index contributed by atoms with van der Waals surface area (Å²) in [6, 6.07) is 20.9. The molecule has 2 aromatic carbocycles. The minimum absolute atomic E-state index is 0.00689. The largest absolute Gasteiger partial charge is 0.466 e. The fourth-order valence-corrected chi connectivity index (χ4v) is 3.06. The van der Waals surface area contributed by atoms with Crippen molar-refractivity contribution >= 4 is 12.1 Å². The van der Waals surface area contributed by atoms with E-state index in [4.69, 9.17) is 9.47 Å². The minimum Gasteiger partial charge on any atom is -0.466 e. The van der Waals surface area contributed by atoms with Crippen molar-refractivity contribution in [2.75, 3.05) is 6.61 Å². The molecule has 0 fully saturated rings. The molecule has 1 aromatic heterocycles. The van der Waals surface area contributed by atoms with Gasteiger partial charge in [0.2, 0.25) is 0 Å². The number of nitrogens with zero attached hydrogens (tertiary/aromatic N) is 1. The highest BCUT2D eigenvalue weighted by Crippen LogP contribution is 2.27. The Balaban J connectivity index is 1.95. The predicted octanol–water partition coefficient (Wildman–Crippen LogP) is 4.75. The molecule has 0 saturated carbocycles. The first-order chi connectivity index (χ1) is 13.6. The molecule has 0 unspecified atom stereocenters. The molecule has 0 bridgehead atoms. The summed E-state index contributed by atoms with van der Waals surface area (Å²) in [6.45, 7) is 4.09. The molecule has 28 heavy (non-hydrogen) atoms. The molecular weight excluding hydrogens is 354 g/mol. The highest BCUT2D eigenvalue weighted by Gasteiger charge is 2.22. The van der Waals surface area contributed by atoms with Gasteiger partial charge in [0.15, 0.2) is 0 Å². The van der Waals surface area contributed by atoms with Crippen LogP contribution in [0.25, 0.3) is 11.3 Å². The first kappa shape index (κ1) is 19.4. The van der Waals surface area contributed by atoms with Gasteiger partial charge in [-0.3, -0.25) is 4.79 Å². The van der Waals surface area contributed by atoms with Crippen LogP contribution in [-0.4, -0.2) is 23.2 Å². The molecule has 0 radical (unpaired) electrons. The van der Waals surface area contributed by atoms with Crippen molar-refractivity contribution < 1.29 is 19.1 Å². The van der Waals surface area contributed by atoms with Crippen molar-refractivity contribution in [2.45, 2.75) is 26.9 Å². The average Bonchev–Trinajstić information content (AvgIpc) is 3.04. The van der Waals surface area contributed by atoms with Crippen molar-refractivity contribution in [2.24, 2.45) is 0 Å². The number of hydrogen-bond donors (Lipinski definition) is 0. The van der Waals surface area contributed by atoms with Gasteiger partial charge in [0.25, 0.3) is 0 Å². The molecule has 3 rings (SSSR count). The van der Waals surface area contributed by atoms with Crippen molar-refractivity contribution in [3.05, 3.63) is 83.6 Å². The molecule has 5 heteroatoms. The van der Waals surface area contributed by atoms with Gasteiger partial charge in [-0.2, -0.15) is 0 Å². The van der Waals surface area contributed by atoms with E-state index in [0.717, 1.165) is 16.7 Å². The van der Waals surface area contributed by atoms with Crippen molar-refractivity contribution in [3.63, 3.8) is 0 Å². The number of aromatic nitrogens is 1. The van der Waals surface area contributed by atoms with Gasteiger partial charge >= 0.3 is 12.1 Å². The summed E-state index contributed by atoms with van der Waals surface area (Å²) in [5.74, 6) is -0.375. The number of carbonyl (C=O) groups excluding carboxylic acids is 2. The molecule has 0 aliphatic carbocycles. The highest BCUT2D eigenvalue weighted by molar-refractivity contribution is 5.83. The Morgan fingerprint density at radius 2 is 1.57 bits per heavy atom. The fraction of sp³-hybridized carbons (Fsp3) is 0.217. The molecule has 0 saturated heterocycles. The third kappa shape index (κ3) is 4.49. The fourth-order valence-electron chi connectivity index (χ4n) is 3.06. The summed E-state index contributed by atoms with van der Waals surface area (Å²) < 4.78 is 12.1. The monoisotopic (exact) mass is 377 g/mol. The number of rotatable bonds is 6. The summed E-state index contributed by atoms with van der Waals surface area (Å²) in [7, 11) is 0. The molecule has 0 aliphatic rings. The maximum absolute atomic E-state index is 13.0. The maximum Gasteiger partial charge on any atom is 0.419 e. The quantitative estimate of drug-likeness (QED) is 0.582. The van der Waals surface area contributed by atoms with Crippen LogP contribution in [0.4, 0.5) is 4.79 Å². The average molecular weight is 377 g/mol. The lowest BCUT2D eigenvalue weighted by molar-refractivity contribution is -0.142. The van der Waals surface area contributed by atoms with Crippen LogP contribution in [0.2, 0.25) is 0 Å². The van der Waals surface area contributed by atoms with Crippen LogP contribution in [0.1, 0.15) is 23.7 Å². The van der Waals surface area contributed by atoms with E-state index in [-0.39, 0.29) is 19.0 Å². The molecule has 0 atom stereocenters. The molecule has 5 nitrogen and oxygen atoms in total.